The fraction of sp³-hybridized carbons (Fsp3) is 0.500. The summed E-state index contributed by atoms with van der Waals surface area (Å²) in [4.78, 5) is 37.3. The summed E-state index contributed by atoms with van der Waals surface area (Å²) in [5.74, 6) is -2.23. The molecule has 0 N–H and O–H groups in total. The zero-order valence-corrected chi connectivity index (χ0v) is 11.3. The molecule has 0 saturated carbocycles. The second-order valence-corrected chi connectivity index (χ2v) is 3.43. The first-order chi connectivity index (χ1) is 7.06. The smallest absolute Gasteiger partial charge is 0.691 e. The van der Waals surface area contributed by atoms with Gasteiger partial charge in [-0.3, -0.25) is 14.6 Å². The molecular formula is C6H6NNaO7S. The molecule has 8 nitrogen and oxygen atoms in total. The predicted octanol–water partition coefficient (Wildman–Crippen LogP) is -4.53. The van der Waals surface area contributed by atoms with Gasteiger partial charge in [-0.2, -0.15) is 4.33 Å². The van der Waals surface area contributed by atoms with Gasteiger partial charge in [-0.1, -0.05) is 0 Å². The van der Waals surface area contributed by atoms with Crippen molar-refractivity contribution in [2.24, 2.45) is 0 Å². The minimum Gasteiger partial charge on any atom is -0.691 e. The number of hydrogen-bond acceptors (Lipinski definition) is 8. The van der Waals surface area contributed by atoms with Gasteiger partial charge in [0.2, 0.25) is 0 Å². The molecule has 1 unspecified atom stereocenters. The van der Waals surface area contributed by atoms with Gasteiger partial charge in [-0.25, -0.2) is 4.79 Å². The Morgan fingerprint density at radius 3 is 2.69 bits per heavy atom. The molecule has 16 heavy (non-hydrogen) atoms. The van der Waals surface area contributed by atoms with Crippen molar-refractivity contribution < 1.29 is 63.4 Å². The van der Waals surface area contributed by atoms with E-state index in [2.05, 4.69) is 14.2 Å². The zero-order valence-electron chi connectivity index (χ0n) is 8.50. The number of hydrogen-bond donors (Lipinski definition) is 0. The van der Waals surface area contributed by atoms with Crippen LogP contribution in [0.3, 0.4) is 0 Å². The maximum absolute atomic E-state index is 11.3. The normalized spacial score (nSPS) is 19.6. The van der Waals surface area contributed by atoms with Crippen LogP contribution < -0.4 is 34.8 Å². The third-order valence-electron chi connectivity index (χ3n) is 1.47. The second kappa shape index (κ2) is 7.22. The van der Waals surface area contributed by atoms with Crippen molar-refractivity contribution in [3.8, 4) is 0 Å². The Bertz CT molecular complexity index is 299. The van der Waals surface area contributed by atoms with Crippen LogP contribution in [0, 0.1) is 0 Å². The summed E-state index contributed by atoms with van der Waals surface area (Å²) < 4.78 is 3.91. The number of imide groups is 1. The monoisotopic (exact) mass is 259 g/mol. The maximum atomic E-state index is 11.3. The van der Waals surface area contributed by atoms with Gasteiger partial charge in [-0.05, 0) is 0 Å². The molecular weight excluding hydrogens is 253 g/mol. The largest absolute Gasteiger partial charge is 1.00 e. The summed E-state index contributed by atoms with van der Waals surface area (Å²) in [6.07, 6.45) is -0.222. The van der Waals surface area contributed by atoms with Gasteiger partial charge in [0.25, 0.3) is 11.8 Å². The molecule has 1 saturated heterocycles. The molecule has 1 aliphatic heterocycles. The number of carbonyl (C=O) groups is 3. The number of amides is 2. The predicted molar refractivity (Wildman–Crippen MR) is 41.8 cm³/mol. The molecule has 0 bridgehead atoms. The van der Waals surface area contributed by atoms with Gasteiger partial charge >= 0.3 is 35.5 Å². The van der Waals surface area contributed by atoms with Crippen LogP contribution in [0.25, 0.3) is 0 Å². The second-order valence-electron chi connectivity index (χ2n) is 2.53. The third-order valence-corrected chi connectivity index (χ3v) is 2.20. The number of hydroxylamine groups is 2. The first-order valence-electron chi connectivity index (χ1n) is 3.73. The summed E-state index contributed by atoms with van der Waals surface area (Å²) >= 11 is 0.389. The van der Waals surface area contributed by atoms with Crippen molar-refractivity contribution >= 4 is 29.8 Å². The topological polar surface area (TPSA) is 105 Å². The summed E-state index contributed by atoms with van der Waals surface area (Å²) in [6.45, 7) is 1.05. The molecule has 1 fully saturated rings. The average Bonchev–Trinajstić information content (AvgIpc) is 2.42. The van der Waals surface area contributed by atoms with Gasteiger partial charge in [0, 0.05) is 19.0 Å². The van der Waals surface area contributed by atoms with Crippen LogP contribution in [0.5, 0.6) is 0 Å². The van der Waals surface area contributed by atoms with Crippen LogP contribution in [-0.2, 0) is 28.6 Å². The molecule has 0 aromatic carbocycles. The Hall–Kier alpha value is -0.160. The third kappa shape index (κ3) is 4.01. The molecule has 0 aliphatic carbocycles. The number of rotatable bonds is 4. The molecule has 0 radical (unpaired) electrons. The summed E-state index contributed by atoms with van der Waals surface area (Å²) in [5, 5.41) is 11.9. The Kier molecular flexibility index (Phi) is 7.15. The van der Waals surface area contributed by atoms with E-state index in [1.165, 1.54) is 0 Å². The molecule has 0 spiro atoms. The Balaban J connectivity index is 0.00000225. The van der Waals surface area contributed by atoms with Crippen LogP contribution in [0.1, 0.15) is 13.3 Å². The van der Waals surface area contributed by atoms with E-state index in [-0.39, 0.29) is 36.0 Å². The van der Waals surface area contributed by atoms with Crippen molar-refractivity contribution in [1.82, 2.24) is 5.06 Å². The van der Waals surface area contributed by atoms with Gasteiger partial charge in [-0.15, -0.1) is 5.06 Å². The van der Waals surface area contributed by atoms with E-state index >= 15 is 0 Å². The van der Waals surface area contributed by atoms with E-state index in [0.29, 0.717) is 17.1 Å². The maximum Gasteiger partial charge on any atom is 1.00 e. The van der Waals surface area contributed by atoms with Crippen LogP contribution in [0.15, 0.2) is 0 Å². The van der Waals surface area contributed by atoms with E-state index in [1.54, 1.807) is 0 Å². The van der Waals surface area contributed by atoms with Gasteiger partial charge < -0.3 is 10.1 Å². The molecule has 1 aliphatic rings. The minimum atomic E-state index is -0.939. The van der Waals surface area contributed by atoms with E-state index in [9.17, 15) is 19.6 Å². The first-order valence-corrected chi connectivity index (χ1v) is 4.54. The Morgan fingerprint density at radius 1 is 1.56 bits per heavy atom. The van der Waals surface area contributed by atoms with Gasteiger partial charge in [0.15, 0.2) is 0 Å². The fourth-order valence-corrected chi connectivity index (χ4v) is 1.46. The van der Waals surface area contributed by atoms with E-state index in [4.69, 9.17) is 0 Å². The molecule has 10 heteroatoms. The molecule has 0 aromatic heterocycles. The van der Waals surface area contributed by atoms with Crippen LogP contribution in [0.2, 0.25) is 0 Å². The molecule has 1 atom stereocenters. The first kappa shape index (κ1) is 15.8. The molecule has 84 valence electrons. The van der Waals surface area contributed by atoms with Gasteiger partial charge in [0.05, 0.1) is 6.42 Å². The fourth-order valence-electron chi connectivity index (χ4n) is 0.946. The quantitative estimate of drug-likeness (QED) is 0.163. The SMILES string of the molecule is CC(=O)ON1C(=O)CC(SOO[O-])C1=O.[Na+]. The van der Waals surface area contributed by atoms with E-state index in [0.717, 1.165) is 6.92 Å². The summed E-state index contributed by atoms with van der Waals surface area (Å²) in [7, 11) is 0. The zero-order chi connectivity index (χ0) is 11.4. The Morgan fingerprint density at radius 2 is 2.19 bits per heavy atom. The average molecular weight is 259 g/mol. The Labute approximate surface area is 116 Å². The standard InChI is InChI=1S/C6H7NO7S.Na/c1-3(8)12-7-5(9)2-4(6(7)10)15-14-13-11;/h4,11H,2H2,1H3;/q;+1/p-1. The van der Waals surface area contributed by atoms with Crippen molar-refractivity contribution in [1.29, 1.82) is 0 Å². The van der Waals surface area contributed by atoms with Crippen molar-refractivity contribution in [2.45, 2.75) is 18.6 Å². The van der Waals surface area contributed by atoms with Crippen LogP contribution >= 0.6 is 12.0 Å². The summed E-state index contributed by atoms with van der Waals surface area (Å²) in [5.41, 5.74) is 0. The van der Waals surface area contributed by atoms with Crippen LogP contribution in [-0.4, -0.2) is 28.1 Å². The van der Waals surface area contributed by atoms with Crippen molar-refractivity contribution in [3.63, 3.8) is 0 Å². The van der Waals surface area contributed by atoms with E-state index < -0.39 is 23.0 Å². The molecule has 0 aromatic rings. The summed E-state index contributed by atoms with van der Waals surface area (Å²) in [6, 6.07) is 0. The van der Waals surface area contributed by atoms with Crippen LogP contribution in [0.4, 0.5) is 0 Å². The molecule has 2 amide bonds. The number of nitrogens with zero attached hydrogens (tertiary/aromatic N) is 1. The van der Waals surface area contributed by atoms with Crippen molar-refractivity contribution in [2.75, 3.05) is 0 Å². The van der Waals surface area contributed by atoms with Crippen molar-refractivity contribution in [3.05, 3.63) is 0 Å². The van der Waals surface area contributed by atoms with Gasteiger partial charge in [0.1, 0.15) is 5.25 Å². The molecule has 1 rings (SSSR count). The number of carbonyl (C=O) groups excluding carboxylic acids is 3. The minimum absolute atomic E-state index is 0. The molecule has 1 heterocycles. The van der Waals surface area contributed by atoms with E-state index in [1.807, 2.05) is 0 Å².